The predicted octanol–water partition coefficient (Wildman–Crippen LogP) is 3.07. The van der Waals surface area contributed by atoms with E-state index in [4.69, 9.17) is 15.2 Å². The lowest BCUT2D eigenvalue weighted by atomic mass is 9.94. The topological polar surface area (TPSA) is 103 Å². The molecule has 0 bridgehead atoms. The summed E-state index contributed by atoms with van der Waals surface area (Å²) in [4.78, 5) is 24.2. The van der Waals surface area contributed by atoms with Crippen molar-refractivity contribution in [3.05, 3.63) is 59.7 Å². The van der Waals surface area contributed by atoms with Crippen molar-refractivity contribution in [3.63, 3.8) is 0 Å². The minimum Gasteiger partial charge on any atom is -0.486 e. The van der Waals surface area contributed by atoms with Crippen molar-refractivity contribution in [2.75, 3.05) is 13.2 Å². The van der Waals surface area contributed by atoms with Crippen molar-refractivity contribution in [3.8, 4) is 11.5 Å². The van der Waals surface area contributed by atoms with Crippen molar-refractivity contribution < 1.29 is 19.1 Å². The van der Waals surface area contributed by atoms with Gasteiger partial charge in [-0.05, 0) is 29.2 Å². The van der Waals surface area contributed by atoms with Crippen LogP contribution in [0.5, 0.6) is 11.5 Å². The van der Waals surface area contributed by atoms with Crippen LogP contribution in [0, 0.1) is 5.92 Å². The molecule has 3 rings (SSSR count). The van der Waals surface area contributed by atoms with Crippen LogP contribution in [0.2, 0.25) is 0 Å². The molecule has 0 fully saturated rings. The van der Waals surface area contributed by atoms with Gasteiger partial charge >= 0.3 is 6.03 Å². The Kier molecular flexibility index (Phi) is 6.59. The minimum atomic E-state index is -0.668. The average molecular weight is 397 g/mol. The number of benzene rings is 2. The molecular weight excluding hydrogens is 370 g/mol. The summed E-state index contributed by atoms with van der Waals surface area (Å²) >= 11 is 0. The number of carbonyl (C=O) groups is 2. The highest BCUT2D eigenvalue weighted by Gasteiger charge is 2.24. The van der Waals surface area contributed by atoms with Crippen molar-refractivity contribution in [1.29, 1.82) is 0 Å². The van der Waals surface area contributed by atoms with Crippen molar-refractivity contribution in [1.82, 2.24) is 10.6 Å². The van der Waals surface area contributed by atoms with Gasteiger partial charge in [0.25, 0.3) is 0 Å². The number of fused-ring (bicyclic) bond motifs is 1. The van der Waals surface area contributed by atoms with Crippen molar-refractivity contribution in [2.45, 2.75) is 32.4 Å². The first-order valence-corrected chi connectivity index (χ1v) is 9.74. The number of rotatable bonds is 7. The summed E-state index contributed by atoms with van der Waals surface area (Å²) in [6.45, 7) is 5.12. The highest BCUT2D eigenvalue weighted by atomic mass is 16.6. The molecule has 1 aliphatic rings. The third-order valence-corrected chi connectivity index (χ3v) is 4.82. The second-order valence-corrected chi connectivity index (χ2v) is 7.37. The minimum absolute atomic E-state index is 0.0841. The van der Waals surface area contributed by atoms with E-state index in [1.165, 1.54) is 0 Å². The number of ether oxygens (including phenoxy) is 2. The second kappa shape index (κ2) is 9.32. The summed E-state index contributed by atoms with van der Waals surface area (Å²) in [6, 6.07) is 13.6. The molecular formula is C22H27N3O4. The lowest BCUT2D eigenvalue weighted by Crippen LogP contribution is -2.38. The van der Waals surface area contributed by atoms with Crippen LogP contribution in [0.1, 0.15) is 43.5 Å². The normalized spacial score (nSPS) is 14.7. The van der Waals surface area contributed by atoms with E-state index in [1.807, 2.05) is 62.4 Å². The third kappa shape index (κ3) is 5.40. The van der Waals surface area contributed by atoms with Gasteiger partial charge < -0.3 is 25.8 Å². The number of nitrogens with one attached hydrogen (secondary N) is 2. The molecule has 2 atom stereocenters. The van der Waals surface area contributed by atoms with Gasteiger partial charge in [-0.2, -0.15) is 0 Å². The zero-order valence-electron chi connectivity index (χ0n) is 16.7. The van der Waals surface area contributed by atoms with Crippen molar-refractivity contribution in [2.24, 2.45) is 11.7 Å². The summed E-state index contributed by atoms with van der Waals surface area (Å²) in [5, 5.41) is 5.74. The standard InChI is InChI=1S/C22H27N3O4/c1-14(2)21(16-8-9-18-19(12-16)29-11-10-28-18)25-20(26)13-17(24-22(23)27)15-6-4-3-5-7-15/h3-9,12,14,17,21H,10-11,13H2,1-2H3,(H,25,26)(H3,23,24,27)/t17-,21+/m0/s1. The molecule has 3 amide bonds. The molecule has 2 aromatic rings. The van der Waals surface area contributed by atoms with E-state index in [-0.39, 0.29) is 24.3 Å². The lowest BCUT2D eigenvalue weighted by Gasteiger charge is -2.26. The first kappa shape index (κ1) is 20.5. The highest BCUT2D eigenvalue weighted by molar-refractivity contribution is 5.79. The summed E-state index contributed by atoms with van der Waals surface area (Å²) < 4.78 is 11.2. The molecule has 0 saturated heterocycles. The van der Waals surface area contributed by atoms with Gasteiger partial charge in [-0.3, -0.25) is 4.79 Å². The van der Waals surface area contributed by atoms with Gasteiger partial charge in [0.15, 0.2) is 11.5 Å². The van der Waals surface area contributed by atoms with Crippen LogP contribution in [-0.4, -0.2) is 25.2 Å². The Morgan fingerprint density at radius 3 is 2.31 bits per heavy atom. The number of hydrogen-bond acceptors (Lipinski definition) is 4. The molecule has 154 valence electrons. The van der Waals surface area contributed by atoms with E-state index in [0.717, 1.165) is 11.1 Å². The maximum absolute atomic E-state index is 12.8. The molecule has 1 aliphatic heterocycles. The van der Waals surface area contributed by atoms with Gasteiger partial charge in [0.2, 0.25) is 5.91 Å². The summed E-state index contributed by atoms with van der Waals surface area (Å²) in [5.41, 5.74) is 7.07. The maximum atomic E-state index is 12.8. The molecule has 7 heteroatoms. The van der Waals surface area contributed by atoms with Crippen LogP contribution < -0.4 is 25.8 Å². The van der Waals surface area contributed by atoms with Crippen LogP contribution in [0.4, 0.5) is 4.79 Å². The number of amides is 3. The van der Waals surface area contributed by atoms with Gasteiger partial charge in [-0.25, -0.2) is 4.79 Å². The Hall–Kier alpha value is -3.22. The summed E-state index contributed by atoms with van der Waals surface area (Å²) in [7, 11) is 0. The maximum Gasteiger partial charge on any atom is 0.312 e. The molecule has 0 aromatic heterocycles. The Morgan fingerprint density at radius 2 is 1.66 bits per heavy atom. The van der Waals surface area contributed by atoms with E-state index in [1.54, 1.807) is 0 Å². The monoisotopic (exact) mass is 397 g/mol. The van der Waals surface area contributed by atoms with Crippen LogP contribution in [0.3, 0.4) is 0 Å². The number of primary amides is 1. The Labute approximate surface area is 170 Å². The lowest BCUT2D eigenvalue weighted by molar-refractivity contribution is -0.122. The van der Waals surface area contributed by atoms with E-state index >= 15 is 0 Å². The fourth-order valence-electron chi connectivity index (χ4n) is 3.42. The number of hydrogen-bond donors (Lipinski definition) is 3. The number of urea groups is 1. The SMILES string of the molecule is CC(C)[C@@H](NC(=O)C[C@H](NC(N)=O)c1ccccc1)c1ccc2c(c1)OCCO2. The van der Waals surface area contributed by atoms with Crippen molar-refractivity contribution >= 4 is 11.9 Å². The van der Waals surface area contributed by atoms with Gasteiger partial charge in [-0.15, -0.1) is 0 Å². The molecule has 2 aromatic carbocycles. The predicted molar refractivity (Wildman–Crippen MR) is 110 cm³/mol. The molecule has 0 radical (unpaired) electrons. The van der Waals surface area contributed by atoms with E-state index in [9.17, 15) is 9.59 Å². The average Bonchev–Trinajstić information content (AvgIpc) is 2.71. The Morgan fingerprint density at radius 1 is 0.966 bits per heavy atom. The van der Waals surface area contributed by atoms with Gasteiger partial charge in [0.05, 0.1) is 18.5 Å². The van der Waals surface area contributed by atoms with Gasteiger partial charge in [-0.1, -0.05) is 50.2 Å². The quantitative estimate of drug-likeness (QED) is 0.668. The van der Waals surface area contributed by atoms with Gasteiger partial charge in [0, 0.05) is 0 Å². The molecule has 1 heterocycles. The first-order valence-electron chi connectivity index (χ1n) is 9.74. The fourth-order valence-corrected chi connectivity index (χ4v) is 3.42. The first-order chi connectivity index (χ1) is 13.9. The molecule has 0 saturated carbocycles. The van der Waals surface area contributed by atoms with E-state index < -0.39 is 12.1 Å². The zero-order chi connectivity index (χ0) is 20.8. The zero-order valence-corrected chi connectivity index (χ0v) is 16.7. The smallest absolute Gasteiger partial charge is 0.312 e. The summed E-state index contributed by atoms with van der Waals surface area (Å²) in [5.74, 6) is 1.37. The number of nitrogens with two attached hydrogens (primary N) is 1. The molecule has 0 spiro atoms. The van der Waals surface area contributed by atoms with E-state index in [0.29, 0.717) is 24.7 Å². The van der Waals surface area contributed by atoms with Crippen LogP contribution in [-0.2, 0) is 4.79 Å². The molecule has 7 nitrogen and oxygen atoms in total. The molecule has 29 heavy (non-hydrogen) atoms. The largest absolute Gasteiger partial charge is 0.486 e. The summed E-state index contributed by atoms with van der Waals surface area (Å²) in [6.07, 6.45) is 0.0841. The van der Waals surface area contributed by atoms with Crippen LogP contribution >= 0.6 is 0 Å². The van der Waals surface area contributed by atoms with E-state index in [2.05, 4.69) is 10.6 Å². The second-order valence-electron chi connectivity index (χ2n) is 7.37. The number of carbonyl (C=O) groups excluding carboxylic acids is 2. The molecule has 4 N–H and O–H groups in total. The molecule has 0 aliphatic carbocycles. The Balaban J connectivity index is 1.74. The Bertz CT molecular complexity index is 854. The van der Waals surface area contributed by atoms with Crippen LogP contribution in [0.15, 0.2) is 48.5 Å². The highest BCUT2D eigenvalue weighted by Crippen LogP contribution is 2.34. The fraction of sp³-hybridized carbons (Fsp3) is 0.364. The van der Waals surface area contributed by atoms with Gasteiger partial charge in [0.1, 0.15) is 13.2 Å². The van der Waals surface area contributed by atoms with Crippen LogP contribution in [0.25, 0.3) is 0 Å². The molecule has 0 unspecified atom stereocenters. The third-order valence-electron chi connectivity index (χ3n) is 4.82.